The molecule has 2 aromatic carbocycles. The first-order valence-corrected chi connectivity index (χ1v) is 7.13. The number of carbonyl (C=O) groups excluding carboxylic acids is 1. The standard InChI is InChI=1S/C15H15IO4/c1-3-19-15(18)13(17)12-9(2)8-10-6-4-5-7-11(10)14(12)20-16/h4-8,13,17H,3H2,1-2H3. The van der Waals surface area contributed by atoms with Gasteiger partial charge in [0, 0.05) is 10.9 Å². The van der Waals surface area contributed by atoms with Crippen molar-refractivity contribution in [2.45, 2.75) is 20.0 Å². The van der Waals surface area contributed by atoms with E-state index in [0.717, 1.165) is 16.3 Å². The molecule has 106 valence electrons. The van der Waals surface area contributed by atoms with Gasteiger partial charge in [0.25, 0.3) is 0 Å². The average molecular weight is 386 g/mol. The third-order valence-corrected chi connectivity index (χ3v) is 3.55. The fourth-order valence-corrected chi connectivity index (χ4v) is 2.70. The molecule has 0 heterocycles. The topological polar surface area (TPSA) is 55.8 Å². The van der Waals surface area contributed by atoms with Crippen LogP contribution in [0.2, 0.25) is 0 Å². The molecule has 0 fully saturated rings. The molecular weight excluding hydrogens is 371 g/mol. The van der Waals surface area contributed by atoms with Crippen LogP contribution in [0.3, 0.4) is 0 Å². The van der Waals surface area contributed by atoms with Gasteiger partial charge in [-0.25, -0.2) is 4.79 Å². The van der Waals surface area contributed by atoms with Crippen molar-refractivity contribution in [3.63, 3.8) is 0 Å². The highest BCUT2D eigenvalue weighted by molar-refractivity contribution is 14.1. The molecule has 20 heavy (non-hydrogen) atoms. The molecule has 4 nitrogen and oxygen atoms in total. The van der Waals surface area contributed by atoms with Crippen LogP contribution in [0.5, 0.6) is 5.75 Å². The number of benzene rings is 2. The monoisotopic (exact) mass is 386 g/mol. The summed E-state index contributed by atoms with van der Waals surface area (Å²) < 4.78 is 10.3. The molecule has 1 atom stereocenters. The Morgan fingerprint density at radius 1 is 1.40 bits per heavy atom. The average Bonchev–Trinajstić information content (AvgIpc) is 2.45. The van der Waals surface area contributed by atoms with Gasteiger partial charge in [0.05, 0.1) is 6.61 Å². The Morgan fingerprint density at radius 3 is 2.75 bits per heavy atom. The van der Waals surface area contributed by atoms with Gasteiger partial charge in [-0.2, -0.15) is 0 Å². The SMILES string of the molecule is CCOC(=O)C(O)c1c(C)cc2ccccc2c1OI. The molecule has 2 aromatic rings. The van der Waals surface area contributed by atoms with Crippen LogP contribution in [-0.4, -0.2) is 17.7 Å². The summed E-state index contributed by atoms with van der Waals surface area (Å²) in [6.45, 7) is 3.76. The Kier molecular flexibility index (Phi) is 4.82. The summed E-state index contributed by atoms with van der Waals surface area (Å²) in [5, 5.41) is 12.1. The highest BCUT2D eigenvalue weighted by Gasteiger charge is 2.26. The number of aliphatic hydroxyl groups is 1. The number of fused-ring (bicyclic) bond motifs is 1. The zero-order valence-corrected chi connectivity index (χ0v) is 13.4. The molecule has 1 N–H and O–H groups in total. The fraction of sp³-hybridized carbons (Fsp3) is 0.267. The lowest BCUT2D eigenvalue weighted by Crippen LogP contribution is -2.17. The third kappa shape index (κ3) is 2.73. The zero-order chi connectivity index (χ0) is 14.7. The molecule has 2 rings (SSSR count). The molecule has 0 aliphatic rings. The van der Waals surface area contributed by atoms with Crippen molar-refractivity contribution in [3.05, 3.63) is 41.5 Å². The second kappa shape index (κ2) is 6.41. The first kappa shape index (κ1) is 15.1. The third-order valence-electron chi connectivity index (χ3n) is 3.11. The largest absolute Gasteiger partial charge is 0.464 e. The van der Waals surface area contributed by atoms with Gasteiger partial charge in [-0.3, -0.25) is 0 Å². The Bertz CT molecular complexity index is 639. The summed E-state index contributed by atoms with van der Waals surface area (Å²) >= 11 is 1.76. The first-order chi connectivity index (χ1) is 9.60. The second-order valence-corrected chi connectivity index (χ2v) is 4.83. The van der Waals surface area contributed by atoms with Crippen LogP contribution in [0.1, 0.15) is 24.2 Å². The van der Waals surface area contributed by atoms with Crippen molar-refractivity contribution in [3.8, 4) is 5.75 Å². The van der Waals surface area contributed by atoms with E-state index in [1.54, 1.807) is 29.9 Å². The Balaban J connectivity index is 2.62. The maximum absolute atomic E-state index is 11.8. The first-order valence-electron chi connectivity index (χ1n) is 6.25. The smallest absolute Gasteiger partial charge is 0.339 e. The molecular formula is C15H15IO4. The van der Waals surface area contributed by atoms with E-state index in [1.165, 1.54) is 0 Å². The molecule has 0 saturated carbocycles. The van der Waals surface area contributed by atoms with Crippen LogP contribution in [0.25, 0.3) is 10.8 Å². The maximum Gasteiger partial charge on any atom is 0.339 e. The van der Waals surface area contributed by atoms with Gasteiger partial charge in [0.1, 0.15) is 5.75 Å². The lowest BCUT2D eigenvalue weighted by molar-refractivity contribution is -0.153. The molecule has 0 radical (unpaired) electrons. The number of rotatable bonds is 4. The quantitative estimate of drug-likeness (QED) is 0.646. The molecule has 5 heteroatoms. The van der Waals surface area contributed by atoms with Gasteiger partial charge in [-0.15, -0.1) is 0 Å². The van der Waals surface area contributed by atoms with Crippen molar-refractivity contribution in [2.75, 3.05) is 6.61 Å². The minimum absolute atomic E-state index is 0.225. The van der Waals surface area contributed by atoms with E-state index in [-0.39, 0.29) is 6.61 Å². The van der Waals surface area contributed by atoms with E-state index < -0.39 is 12.1 Å². The van der Waals surface area contributed by atoms with Crippen LogP contribution in [-0.2, 0) is 9.53 Å². The molecule has 0 bridgehead atoms. The predicted molar refractivity (Wildman–Crippen MR) is 84.9 cm³/mol. The van der Waals surface area contributed by atoms with E-state index in [1.807, 2.05) is 37.3 Å². The Hall–Kier alpha value is -1.34. The van der Waals surface area contributed by atoms with Gasteiger partial charge in [0.2, 0.25) is 0 Å². The molecule has 0 spiro atoms. The van der Waals surface area contributed by atoms with E-state index in [9.17, 15) is 9.90 Å². The lowest BCUT2D eigenvalue weighted by Gasteiger charge is -2.17. The van der Waals surface area contributed by atoms with Crippen molar-refractivity contribution >= 4 is 39.7 Å². The Labute approximate surface area is 131 Å². The molecule has 0 saturated heterocycles. The highest BCUT2D eigenvalue weighted by Crippen LogP contribution is 2.37. The van der Waals surface area contributed by atoms with Crippen LogP contribution in [0.15, 0.2) is 30.3 Å². The van der Waals surface area contributed by atoms with Crippen molar-refractivity contribution in [1.82, 2.24) is 0 Å². The van der Waals surface area contributed by atoms with Crippen molar-refractivity contribution < 1.29 is 17.7 Å². The molecule has 1 unspecified atom stereocenters. The van der Waals surface area contributed by atoms with Crippen molar-refractivity contribution in [1.29, 1.82) is 0 Å². The highest BCUT2D eigenvalue weighted by atomic mass is 127. The number of carbonyl (C=O) groups is 1. The minimum atomic E-state index is -1.34. The lowest BCUT2D eigenvalue weighted by atomic mass is 9.96. The summed E-state index contributed by atoms with van der Waals surface area (Å²) in [5.74, 6) is -0.165. The summed E-state index contributed by atoms with van der Waals surface area (Å²) in [5.41, 5.74) is 1.24. The number of aliphatic hydroxyl groups excluding tert-OH is 1. The second-order valence-electron chi connectivity index (χ2n) is 4.39. The summed E-state index contributed by atoms with van der Waals surface area (Å²) in [7, 11) is 0. The van der Waals surface area contributed by atoms with Crippen LogP contribution < -0.4 is 3.07 Å². The number of hydrogen-bond donors (Lipinski definition) is 1. The zero-order valence-electron chi connectivity index (χ0n) is 11.2. The summed E-state index contributed by atoms with van der Waals surface area (Å²) in [6, 6.07) is 9.59. The number of esters is 1. The minimum Gasteiger partial charge on any atom is -0.464 e. The van der Waals surface area contributed by atoms with Crippen LogP contribution in [0.4, 0.5) is 0 Å². The summed E-state index contributed by atoms with van der Waals surface area (Å²) in [6.07, 6.45) is -1.34. The summed E-state index contributed by atoms with van der Waals surface area (Å²) in [4.78, 5) is 11.8. The van der Waals surface area contributed by atoms with E-state index in [0.29, 0.717) is 11.3 Å². The molecule has 0 aromatic heterocycles. The van der Waals surface area contributed by atoms with Gasteiger partial charge < -0.3 is 12.9 Å². The van der Waals surface area contributed by atoms with E-state index in [2.05, 4.69) is 0 Å². The number of aryl methyl sites for hydroxylation is 1. The van der Waals surface area contributed by atoms with Gasteiger partial charge in [0.15, 0.2) is 29.1 Å². The predicted octanol–water partition coefficient (Wildman–Crippen LogP) is 3.47. The van der Waals surface area contributed by atoms with Crippen LogP contribution in [0, 0.1) is 6.92 Å². The van der Waals surface area contributed by atoms with Gasteiger partial charge in [-0.1, -0.05) is 30.3 Å². The number of halogens is 1. The number of hydrogen-bond acceptors (Lipinski definition) is 4. The molecule has 0 amide bonds. The molecule has 0 aliphatic heterocycles. The number of ether oxygens (including phenoxy) is 1. The van der Waals surface area contributed by atoms with Gasteiger partial charge in [-0.05, 0) is 24.8 Å². The molecule has 0 aliphatic carbocycles. The fourth-order valence-electron chi connectivity index (χ4n) is 2.23. The van der Waals surface area contributed by atoms with E-state index >= 15 is 0 Å². The Morgan fingerprint density at radius 2 is 2.10 bits per heavy atom. The van der Waals surface area contributed by atoms with Gasteiger partial charge >= 0.3 is 5.97 Å². The normalized spacial score (nSPS) is 12.2. The maximum atomic E-state index is 11.8. The van der Waals surface area contributed by atoms with Crippen LogP contribution >= 0.6 is 23.0 Å². The van der Waals surface area contributed by atoms with Crippen molar-refractivity contribution in [2.24, 2.45) is 0 Å². The van der Waals surface area contributed by atoms with E-state index in [4.69, 9.17) is 7.80 Å².